The van der Waals surface area contributed by atoms with Gasteiger partial charge in [0.05, 0.1) is 18.0 Å². The highest BCUT2D eigenvalue weighted by atomic mass is 16.5. The van der Waals surface area contributed by atoms with E-state index < -0.39 is 0 Å². The Morgan fingerprint density at radius 1 is 1.08 bits per heavy atom. The van der Waals surface area contributed by atoms with E-state index in [1.165, 1.54) is 11.3 Å². The van der Waals surface area contributed by atoms with Crippen molar-refractivity contribution in [2.24, 2.45) is 0 Å². The monoisotopic (exact) mass is 326 g/mol. The number of anilines is 1. The summed E-state index contributed by atoms with van der Waals surface area (Å²) in [6.45, 7) is 6.20. The van der Waals surface area contributed by atoms with Crippen LogP contribution in [0.3, 0.4) is 0 Å². The van der Waals surface area contributed by atoms with E-state index in [1.807, 2.05) is 7.11 Å². The van der Waals surface area contributed by atoms with Gasteiger partial charge in [0.2, 0.25) is 5.95 Å². The van der Waals surface area contributed by atoms with Crippen molar-refractivity contribution in [2.45, 2.75) is 38.6 Å². The molecule has 5 nitrogen and oxygen atoms in total. The molecule has 4 rings (SSSR count). The van der Waals surface area contributed by atoms with Gasteiger partial charge in [0.1, 0.15) is 0 Å². The molecule has 1 fully saturated rings. The zero-order chi connectivity index (χ0) is 16.4. The largest absolute Gasteiger partial charge is 0.381 e. The first-order chi connectivity index (χ1) is 11.8. The van der Waals surface area contributed by atoms with E-state index in [0.29, 0.717) is 6.10 Å². The summed E-state index contributed by atoms with van der Waals surface area (Å²) in [5, 5.41) is 0. The van der Waals surface area contributed by atoms with E-state index in [1.54, 1.807) is 0 Å². The normalized spacial score (nSPS) is 19.5. The third-order valence-electron chi connectivity index (χ3n) is 5.25. The van der Waals surface area contributed by atoms with Gasteiger partial charge >= 0.3 is 0 Å². The fraction of sp³-hybridized carbons (Fsp3) is 0.526. The number of ether oxygens (including phenoxy) is 1. The molecule has 0 bridgehead atoms. The van der Waals surface area contributed by atoms with Gasteiger partial charge in [-0.05, 0) is 18.4 Å². The zero-order valence-corrected chi connectivity index (χ0v) is 14.4. The van der Waals surface area contributed by atoms with Crippen molar-refractivity contribution >= 4 is 5.95 Å². The Kier molecular flexibility index (Phi) is 4.54. The van der Waals surface area contributed by atoms with E-state index >= 15 is 0 Å². The van der Waals surface area contributed by atoms with Gasteiger partial charge in [-0.3, -0.25) is 4.90 Å². The highest BCUT2D eigenvalue weighted by molar-refractivity contribution is 5.35. The molecule has 0 amide bonds. The third-order valence-corrected chi connectivity index (χ3v) is 5.25. The van der Waals surface area contributed by atoms with Gasteiger partial charge in [-0.1, -0.05) is 30.3 Å². The molecule has 0 spiro atoms. The summed E-state index contributed by atoms with van der Waals surface area (Å²) in [4.78, 5) is 9.66. The molecule has 0 radical (unpaired) electrons. The summed E-state index contributed by atoms with van der Waals surface area (Å²) < 4.78 is 7.89. The van der Waals surface area contributed by atoms with E-state index in [9.17, 15) is 0 Å². The number of hydrogen-bond donors (Lipinski definition) is 0. The Bertz CT molecular complexity index is 661. The van der Waals surface area contributed by atoms with Crippen molar-refractivity contribution in [1.82, 2.24) is 14.5 Å². The topological polar surface area (TPSA) is 33.5 Å². The molecule has 1 aromatic heterocycles. The number of methoxy groups -OCH3 is 1. The van der Waals surface area contributed by atoms with Crippen molar-refractivity contribution in [1.29, 1.82) is 0 Å². The fourth-order valence-corrected chi connectivity index (χ4v) is 3.84. The van der Waals surface area contributed by atoms with Crippen LogP contribution in [0.5, 0.6) is 0 Å². The maximum absolute atomic E-state index is 5.48. The maximum atomic E-state index is 5.48. The molecule has 1 saturated heterocycles. The summed E-state index contributed by atoms with van der Waals surface area (Å²) in [6, 6.07) is 10.7. The predicted molar refractivity (Wildman–Crippen MR) is 95.0 cm³/mol. The number of hydrogen-bond acceptors (Lipinski definition) is 4. The van der Waals surface area contributed by atoms with Crippen LogP contribution in [0.1, 0.15) is 24.1 Å². The minimum atomic E-state index is 0.415. The number of nitrogens with zero attached hydrogens (tertiary/aromatic N) is 4. The molecule has 5 heteroatoms. The molecule has 0 aliphatic carbocycles. The second kappa shape index (κ2) is 6.95. The lowest BCUT2D eigenvalue weighted by molar-refractivity contribution is 0.0814. The van der Waals surface area contributed by atoms with Gasteiger partial charge in [-0.15, -0.1) is 0 Å². The molecule has 2 aliphatic rings. The minimum Gasteiger partial charge on any atom is -0.381 e. The average molecular weight is 326 g/mol. The van der Waals surface area contributed by atoms with E-state index in [0.717, 1.165) is 58.1 Å². The van der Waals surface area contributed by atoms with Gasteiger partial charge in [0.25, 0.3) is 0 Å². The summed E-state index contributed by atoms with van der Waals surface area (Å²) in [5.74, 6) is 1.15. The van der Waals surface area contributed by atoms with Crippen LogP contribution in [0, 0.1) is 0 Å². The van der Waals surface area contributed by atoms with E-state index in [2.05, 4.69) is 50.9 Å². The number of piperidine rings is 1. The van der Waals surface area contributed by atoms with Crippen LogP contribution in [0.15, 0.2) is 36.5 Å². The first kappa shape index (κ1) is 15.7. The second-order valence-corrected chi connectivity index (χ2v) is 6.82. The predicted octanol–water partition coefficient (Wildman–Crippen LogP) is 2.51. The Morgan fingerprint density at radius 2 is 1.88 bits per heavy atom. The standard InChI is InChI=1S/C19H26N4O/c1-24-18-7-9-22(10-8-18)19-20-13-17-15-21(11-12-23(17)19)14-16-5-3-2-4-6-16/h2-6,13,18H,7-12,14-15H2,1H3. The van der Waals surface area contributed by atoms with Crippen LogP contribution in [0.2, 0.25) is 0 Å². The molecule has 1 aromatic carbocycles. The van der Waals surface area contributed by atoms with Gasteiger partial charge in [-0.25, -0.2) is 4.98 Å². The van der Waals surface area contributed by atoms with Gasteiger partial charge in [-0.2, -0.15) is 0 Å². The van der Waals surface area contributed by atoms with Crippen LogP contribution in [-0.4, -0.2) is 47.3 Å². The third kappa shape index (κ3) is 3.19. The smallest absolute Gasteiger partial charge is 0.205 e. The molecular formula is C19H26N4O. The lowest BCUT2D eigenvalue weighted by Crippen LogP contribution is -2.40. The highest BCUT2D eigenvalue weighted by Gasteiger charge is 2.25. The number of rotatable bonds is 4. The molecule has 0 unspecified atom stereocenters. The lowest BCUT2D eigenvalue weighted by Gasteiger charge is -2.34. The molecule has 3 heterocycles. The Balaban J connectivity index is 1.42. The number of aromatic nitrogens is 2. The first-order valence-electron chi connectivity index (χ1n) is 8.92. The van der Waals surface area contributed by atoms with Gasteiger partial charge < -0.3 is 14.2 Å². The van der Waals surface area contributed by atoms with Crippen LogP contribution in [0.25, 0.3) is 0 Å². The SMILES string of the molecule is COC1CCN(c2ncc3n2CCN(Cc2ccccc2)C3)CC1. The van der Waals surface area contributed by atoms with Crippen LogP contribution < -0.4 is 4.90 Å². The van der Waals surface area contributed by atoms with Crippen molar-refractivity contribution in [3.05, 3.63) is 47.8 Å². The molecule has 0 saturated carbocycles. The Hall–Kier alpha value is -1.85. The Morgan fingerprint density at radius 3 is 2.62 bits per heavy atom. The van der Waals surface area contributed by atoms with Crippen LogP contribution in [-0.2, 0) is 24.4 Å². The molecule has 2 aromatic rings. The molecule has 0 N–H and O–H groups in total. The first-order valence-corrected chi connectivity index (χ1v) is 8.92. The Labute approximate surface area is 143 Å². The molecule has 0 atom stereocenters. The van der Waals surface area contributed by atoms with Crippen molar-refractivity contribution in [2.75, 3.05) is 31.6 Å². The molecular weight excluding hydrogens is 300 g/mol. The number of fused-ring (bicyclic) bond motifs is 1. The minimum absolute atomic E-state index is 0.415. The lowest BCUT2D eigenvalue weighted by atomic mass is 10.1. The molecule has 24 heavy (non-hydrogen) atoms. The van der Waals surface area contributed by atoms with Crippen molar-refractivity contribution in [3.8, 4) is 0 Å². The summed E-state index contributed by atoms with van der Waals surface area (Å²) >= 11 is 0. The molecule has 128 valence electrons. The quantitative estimate of drug-likeness (QED) is 0.864. The number of imidazole rings is 1. The second-order valence-electron chi connectivity index (χ2n) is 6.82. The van der Waals surface area contributed by atoms with Crippen LogP contribution >= 0.6 is 0 Å². The highest BCUT2D eigenvalue weighted by Crippen LogP contribution is 2.25. The zero-order valence-electron chi connectivity index (χ0n) is 14.4. The molecule has 2 aliphatic heterocycles. The van der Waals surface area contributed by atoms with Gasteiger partial charge in [0.15, 0.2) is 0 Å². The summed E-state index contributed by atoms with van der Waals surface area (Å²) in [5.41, 5.74) is 2.72. The van der Waals surface area contributed by atoms with E-state index in [4.69, 9.17) is 9.72 Å². The van der Waals surface area contributed by atoms with Crippen LogP contribution in [0.4, 0.5) is 5.95 Å². The fourth-order valence-electron chi connectivity index (χ4n) is 3.84. The van der Waals surface area contributed by atoms with Crippen molar-refractivity contribution < 1.29 is 4.74 Å². The average Bonchev–Trinajstić information content (AvgIpc) is 3.06. The van der Waals surface area contributed by atoms with E-state index in [-0.39, 0.29) is 0 Å². The maximum Gasteiger partial charge on any atom is 0.205 e. The van der Waals surface area contributed by atoms with Crippen molar-refractivity contribution in [3.63, 3.8) is 0 Å². The summed E-state index contributed by atoms with van der Waals surface area (Å²) in [7, 11) is 1.82. The number of benzene rings is 1. The summed E-state index contributed by atoms with van der Waals surface area (Å²) in [6.07, 6.45) is 4.67. The van der Waals surface area contributed by atoms with Gasteiger partial charge in [0, 0.05) is 46.4 Å².